The second kappa shape index (κ2) is 64.4. The van der Waals surface area contributed by atoms with Crippen molar-refractivity contribution in [1.82, 2.24) is 0 Å². The van der Waals surface area contributed by atoms with E-state index in [-0.39, 0.29) is 25.7 Å². The Kier molecular flexibility index (Phi) is 63.0. The van der Waals surface area contributed by atoms with Crippen LogP contribution >= 0.6 is 15.6 Å². The first-order valence-electron chi connectivity index (χ1n) is 37.2. The molecule has 90 heavy (non-hydrogen) atoms. The molecule has 0 spiro atoms. The van der Waals surface area contributed by atoms with E-state index < -0.39 is 97.5 Å². The number of phosphoric acid groups is 2. The summed E-state index contributed by atoms with van der Waals surface area (Å²) in [4.78, 5) is 72.6. The summed E-state index contributed by atoms with van der Waals surface area (Å²) < 4.78 is 68.4. The van der Waals surface area contributed by atoms with Crippen molar-refractivity contribution < 1.29 is 80.2 Å². The monoisotopic (exact) mass is 1320 g/mol. The van der Waals surface area contributed by atoms with Gasteiger partial charge in [-0.2, -0.15) is 0 Å². The second-order valence-corrected chi connectivity index (χ2v) is 28.8. The molecule has 0 aliphatic carbocycles. The van der Waals surface area contributed by atoms with Crippen LogP contribution in [0.1, 0.15) is 369 Å². The van der Waals surface area contributed by atoms with Gasteiger partial charge in [0.2, 0.25) is 0 Å². The highest BCUT2D eigenvalue weighted by atomic mass is 31.2. The lowest BCUT2D eigenvalue weighted by Gasteiger charge is -2.21. The first-order chi connectivity index (χ1) is 43.6. The normalized spacial score (nSPS) is 14.4. The molecule has 0 rings (SSSR count). The van der Waals surface area contributed by atoms with Crippen LogP contribution in [0.3, 0.4) is 0 Å². The first-order valence-corrected chi connectivity index (χ1v) is 40.2. The van der Waals surface area contributed by atoms with Crippen LogP contribution in [-0.2, 0) is 65.4 Å². The Bertz CT molecular complexity index is 1740. The largest absolute Gasteiger partial charge is 0.472 e. The number of rotatable bonds is 71. The van der Waals surface area contributed by atoms with E-state index in [0.717, 1.165) is 95.8 Å². The van der Waals surface area contributed by atoms with Gasteiger partial charge in [0, 0.05) is 25.7 Å². The predicted octanol–water partition coefficient (Wildman–Crippen LogP) is 20.5. The molecule has 0 bridgehead atoms. The molecular formula is C71H138O17P2. The quantitative estimate of drug-likeness (QED) is 0.0222. The SMILES string of the molecule is CCCCCCCCCCCCCCCC(=O)OC[C@H](COP(=O)(O)OC[C@@H](O)COP(=O)(O)OC[C@@H](COC(=O)CCCCCCCCCCCCCC)OC(=O)CCCCCCCCCCC(C)CC)OC(=O)CCCCCCCCCCCCCCC. The van der Waals surface area contributed by atoms with Gasteiger partial charge in [-0.25, -0.2) is 9.13 Å². The summed E-state index contributed by atoms with van der Waals surface area (Å²) in [5.74, 6) is -1.35. The van der Waals surface area contributed by atoms with Crippen LogP contribution in [0.4, 0.5) is 0 Å². The third kappa shape index (κ3) is 63.5. The van der Waals surface area contributed by atoms with Gasteiger partial charge < -0.3 is 33.8 Å². The van der Waals surface area contributed by atoms with Crippen molar-refractivity contribution in [1.29, 1.82) is 0 Å². The van der Waals surface area contributed by atoms with Crippen molar-refractivity contribution >= 4 is 39.5 Å². The third-order valence-electron chi connectivity index (χ3n) is 16.9. The van der Waals surface area contributed by atoms with Crippen molar-refractivity contribution in [3.05, 3.63) is 0 Å². The Morgan fingerprint density at radius 3 is 0.789 bits per heavy atom. The Hall–Kier alpha value is -1.94. The van der Waals surface area contributed by atoms with Crippen LogP contribution in [-0.4, -0.2) is 96.7 Å². The second-order valence-electron chi connectivity index (χ2n) is 25.9. The molecule has 19 heteroatoms. The number of unbranched alkanes of at least 4 members (excludes halogenated alkanes) is 42. The molecule has 0 aliphatic heterocycles. The third-order valence-corrected chi connectivity index (χ3v) is 18.8. The summed E-state index contributed by atoms with van der Waals surface area (Å²) in [5, 5.41) is 10.6. The lowest BCUT2D eigenvalue weighted by Crippen LogP contribution is -2.30. The predicted molar refractivity (Wildman–Crippen MR) is 363 cm³/mol. The van der Waals surface area contributed by atoms with Gasteiger partial charge in [0.15, 0.2) is 12.2 Å². The average Bonchev–Trinajstić information content (AvgIpc) is 3.61. The number of aliphatic hydroxyl groups excluding tert-OH is 1. The van der Waals surface area contributed by atoms with Gasteiger partial charge in [-0.15, -0.1) is 0 Å². The number of aliphatic hydroxyl groups is 1. The van der Waals surface area contributed by atoms with Crippen LogP contribution in [0.25, 0.3) is 0 Å². The van der Waals surface area contributed by atoms with Crippen LogP contribution in [0.15, 0.2) is 0 Å². The molecule has 0 saturated heterocycles. The first kappa shape index (κ1) is 88.1. The molecule has 0 saturated carbocycles. The number of carbonyl (C=O) groups excluding carboxylic acids is 4. The molecule has 0 aromatic heterocycles. The van der Waals surface area contributed by atoms with E-state index in [9.17, 15) is 43.2 Å². The summed E-state index contributed by atoms with van der Waals surface area (Å²) in [7, 11) is -9.90. The number of ether oxygens (including phenoxy) is 4. The fourth-order valence-electron chi connectivity index (χ4n) is 10.8. The summed E-state index contributed by atoms with van der Waals surface area (Å²) in [6.45, 7) is 7.26. The molecule has 3 unspecified atom stereocenters. The fourth-order valence-corrected chi connectivity index (χ4v) is 12.4. The van der Waals surface area contributed by atoms with E-state index in [1.54, 1.807) is 0 Å². The molecule has 0 radical (unpaired) electrons. The standard InChI is InChI=1S/C71H138O17P2/c1-6-10-13-16-19-22-25-28-31-34-40-45-50-55-69(74)81-60-66(87-70(75)56-51-46-41-35-32-29-26-23-20-17-14-11-7-2)62-85-89(77,78)83-58-65(72)59-84-90(79,80)86-63-67(88-71(76)57-52-47-42-37-36-38-43-48-53-64(5)9-4)61-82-68(73)54-49-44-39-33-30-27-24-21-18-15-12-8-3/h64-67,72H,6-63H2,1-5H3,(H,77,78)(H,79,80)/t64?,65-,66-,67-/m1/s1. The van der Waals surface area contributed by atoms with Gasteiger partial charge in [0.25, 0.3) is 0 Å². The molecule has 17 nitrogen and oxygen atoms in total. The molecule has 0 fully saturated rings. The highest BCUT2D eigenvalue weighted by Crippen LogP contribution is 2.45. The van der Waals surface area contributed by atoms with Crippen molar-refractivity contribution in [2.45, 2.75) is 387 Å². The maximum absolute atomic E-state index is 13.0. The van der Waals surface area contributed by atoms with E-state index in [1.165, 1.54) is 193 Å². The number of esters is 4. The summed E-state index contributed by atoms with van der Waals surface area (Å²) >= 11 is 0. The Balaban J connectivity index is 5.26. The molecule has 0 heterocycles. The van der Waals surface area contributed by atoms with Gasteiger partial charge in [-0.3, -0.25) is 37.3 Å². The van der Waals surface area contributed by atoms with E-state index in [0.29, 0.717) is 25.7 Å². The summed E-state index contributed by atoms with van der Waals surface area (Å²) in [6, 6.07) is 0. The fraction of sp³-hybridized carbons (Fsp3) is 0.944. The van der Waals surface area contributed by atoms with E-state index in [4.69, 9.17) is 37.0 Å². The molecule has 0 amide bonds. The van der Waals surface area contributed by atoms with Crippen molar-refractivity contribution in [2.75, 3.05) is 39.6 Å². The number of hydrogen-bond acceptors (Lipinski definition) is 15. The minimum Gasteiger partial charge on any atom is -0.462 e. The van der Waals surface area contributed by atoms with E-state index in [2.05, 4.69) is 34.6 Å². The lowest BCUT2D eigenvalue weighted by molar-refractivity contribution is -0.161. The highest BCUT2D eigenvalue weighted by Gasteiger charge is 2.30. The Labute approximate surface area is 549 Å². The van der Waals surface area contributed by atoms with Gasteiger partial charge in [0.1, 0.15) is 19.3 Å². The minimum absolute atomic E-state index is 0.106. The summed E-state index contributed by atoms with van der Waals surface area (Å²) in [5.41, 5.74) is 0. The molecule has 0 aliphatic rings. The Morgan fingerprint density at radius 1 is 0.311 bits per heavy atom. The average molecular weight is 1330 g/mol. The van der Waals surface area contributed by atoms with Crippen molar-refractivity contribution in [3.8, 4) is 0 Å². The maximum atomic E-state index is 13.0. The molecule has 0 aromatic rings. The number of carbonyl (C=O) groups is 4. The van der Waals surface area contributed by atoms with Crippen molar-refractivity contribution in [3.63, 3.8) is 0 Å². The van der Waals surface area contributed by atoms with Gasteiger partial charge >= 0.3 is 39.5 Å². The van der Waals surface area contributed by atoms with Crippen LogP contribution in [0.5, 0.6) is 0 Å². The zero-order valence-corrected chi connectivity index (χ0v) is 60.1. The zero-order chi connectivity index (χ0) is 66.3. The molecule has 3 N–H and O–H groups in total. The van der Waals surface area contributed by atoms with Gasteiger partial charge in [-0.1, -0.05) is 317 Å². The zero-order valence-electron chi connectivity index (χ0n) is 58.3. The minimum atomic E-state index is -4.95. The lowest BCUT2D eigenvalue weighted by atomic mass is 9.99. The van der Waals surface area contributed by atoms with Gasteiger partial charge in [-0.05, 0) is 31.6 Å². The van der Waals surface area contributed by atoms with Gasteiger partial charge in [0.05, 0.1) is 26.4 Å². The highest BCUT2D eigenvalue weighted by molar-refractivity contribution is 7.47. The molecule has 0 aromatic carbocycles. The Morgan fingerprint density at radius 2 is 0.533 bits per heavy atom. The van der Waals surface area contributed by atoms with Crippen molar-refractivity contribution in [2.24, 2.45) is 5.92 Å². The topological polar surface area (TPSA) is 237 Å². The van der Waals surface area contributed by atoms with Crippen LogP contribution in [0, 0.1) is 5.92 Å². The summed E-state index contributed by atoms with van der Waals surface area (Å²) in [6.07, 6.45) is 51.1. The maximum Gasteiger partial charge on any atom is 0.472 e. The van der Waals surface area contributed by atoms with E-state index in [1.807, 2.05) is 0 Å². The van der Waals surface area contributed by atoms with Crippen LogP contribution in [0.2, 0.25) is 0 Å². The molecule has 6 atom stereocenters. The smallest absolute Gasteiger partial charge is 0.462 e. The number of hydrogen-bond donors (Lipinski definition) is 3. The van der Waals surface area contributed by atoms with E-state index >= 15 is 0 Å². The molecule has 534 valence electrons. The van der Waals surface area contributed by atoms with Crippen LogP contribution < -0.4 is 0 Å². The molecular weight excluding hydrogens is 1190 g/mol. The number of phosphoric ester groups is 2.